The van der Waals surface area contributed by atoms with Crippen LogP contribution in [0.1, 0.15) is 42.4 Å². The third-order valence-electron chi connectivity index (χ3n) is 4.68. The molecule has 0 unspecified atom stereocenters. The molecule has 3 aromatic rings. The van der Waals surface area contributed by atoms with Crippen LogP contribution in [0.5, 0.6) is 0 Å². The molecule has 28 heavy (non-hydrogen) atoms. The highest BCUT2D eigenvalue weighted by molar-refractivity contribution is 5.72. The van der Waals surface area contributed by atoms with Gasteiger partial charge >= 0.3 is 0 Å². The van der Waals surface area contributed by atoms with Gasteiger partial charge in [-0.05, 0) is 63.3 Å². The van der Waals surface area contributed by atoms with E-state index < -0.39 is 5.83 Å². The van der Waals surface area contributed by atoms with E-state index in [-0.39, 0.29) is 5.95 Å². The van der Waals surface area contributed by atoms with E-state index in [1.54, 1.807) is 24.8 Å². The number of nitrogens with zero attached hydrogens (tertiary/aromatic N) is 4. The summed E-state index contributed by atoms with van der Waals surface area (Å²) in [6.07, 6.45) is 13.1. The van der Waals surface area contributed by atoms with Crippen molar-refractivity contribution < 1.29 is 4.39 Å². The summed E-state index contributed by atoms with van der Waals surface area (Å²) in [5.74, 6) is 0.105. The standard InChI is InChI=1S/C13H14FN5.C8H11N/c1-4-9(6-10(14)5-2)11-17-12-8(3)7-16-19(12)13(15)18-11;1-2-4-8-7(3-1)5-6-9-8/h4-7H,2H2,1,3H3,(H2,15,17,18);5-6,9H,1-4H2/b9-4+,10-6+;. The van der Waals surface area contributed by atoms with Crippen molar-refractivity contribution >= 4 is 17.2 Å². The number of anilines is 1. The summed E-state index contributed by atoms with van der Waals surface area (Å²) >= 11 is 0. The highest BCUT2D eigenvalue weighted by atomic mass is 19.1. The Morgan fingerprint density at radius 1 is 1.32 bits per heavy atom. The Balaban J connectivity index is 0.000000206. The lowest BCUT2D eigenvalue weighted by Gasteiger charge is -2.08. The summed E-state index contributed by atoms with van der Waals surface area (Å²) in [7, 11) is 0. The zero-order chi connectivity index (χ0) is 20.1. The SMILES string of the molecule is C=C/C(F)=C\C(=C/C)c1nc(N)n2ncc(C)c2n1.c1cc2c([nH]1)CCCC2. The van der Waals surface area contributed by atoms with Gasteiger partial charge in [-0.25, -0.2) is 9.37 Å². The Hall–Kier alpha value is -3.22. The highest BCUT2D eigenvalue weighted by Crippen LogP contribution is 2.19. The van der Waals surface area contributed by atoms with E-state index in [1.807, 2.05) is 6.92 Å². The van der Waals surface area contributed by atoms with E-state index in [1.165, 1.54) is 42.0 Å². The fraction of sp³-hybridized carbons (Fsp3) is 0.286. The molecule has 3 heterocycles. The largest absolute Gasteiger partial charge is 0.368 e. The van der Waals surface area contributed by atoms with E-state index in [0.29, 0.717) is 17.0 Å². The zero-order valence-corrected chi connectivity index (χ0v) is 16.2. The van der Waals surface area contributed by atoms with Gasteiger partial charge in [-0.15, -0.1) is 0 Å². The third kappa shape index (κ3) is 4.19. The van der Waals surface area contributed by atoms with Crippen LogP contribution < -0.4 is 5.73 Å². The van der Waals surface area contributed by atoms with E-state index in [4.69, 9.17) is 5.73 Å². The maximum atomic E-state index is 13.3. The lowest BCUT2D eigenvalue weighted by Crippen LogP contribution is -2.07. The lowest BCUT2D eigenvalue weighted by molar-refractivity contribution is 0.668. The van der Waals surface area contributed by atoms with E-state index in [0.717, 1.165) is 11.6 Å². The molecule has 1 aliphatic carbocycles. The highest BCUT2D eigenvalue weighted by Gasteiger charge is 2.11. The number of fused-ring (bicyclic) bond motifs is 2. The predicted molar refractivity (Wildman–Crippen MR) is 110 cm³/mol. The summed E-state index contributed by atoms with van der Waals surface area (Å²) in [6, 6.07) is 2.20. The Bertz CT molecular complexity index is 1020. The molecule has 0 aliphatic heterocycles. The second kappa shape index (κ2) is 8.65. The number of aromatic nitrogens is 5. The summed E-state index contributed by atoms with van der Waals surface area (Å²) in [5.41, 5.74) is 10.8. The smallest absolute Gasteiger partial charge is 0.225 e. The Morgan fingerprint density at radius 3 is 2.82 bits per heavy atom. The molecule has 3 aromatic heterocycles. The van der Waals surface area contributed by atoms with Gasteiger partial charge < -0.3 is 10.7 Å². The Morgan fingerprint density at radius 2 is 2.11 bits per heavy atom. The van der Waals surface area contributed by atoms with E-state index >= 15 is 0 Å². The van der Waals surface area contributed by atoms with Crippen LogP contribution in [0.3, 0.4) is 0 Å². The van der Waals surface area contributed by atoms with Gasteiger partial charge in [0.05, 0.1) is 6.20 Å². The van der Waals surface area contributed by atoms with Gasteiger partial charge in [0.25, 0.3) is 0 Å². The van der Waals surface area contributed by atoms with Crippen LogP contribution in [0.2, 0.25) is 0 Å². The van der Waals surface area contributed by atoms with Gasteiger partial charge in [-0.3, -0.25) is 0 Å². The molecule has 7 heteroatoms. The zero-order valence-electron chi connectivity index (χ0n) is 16.2. The number of H-pyrrole nitrogens is 1. The number of rotatable bonds is 3. The number of aryl methyl sites for hydroxylation is 3. The minimum absolute atomic E-state index is 0.208. The van der Waals surface area contributed by atoms with Gasteiger partial charge in [0, 0.05) is 23.0 Å². The predicted octanol–water partition coefficient (Wildman–Crippen LogP) is 4.35. The molecule has 0 atom stereocenters. The molecule has 0 saturated carbocycles. The second-order valence-corrected chi connectivity index (χ2v) is 6.63. The second-order valence-electron chi connectivity index (χ2n) is 6.63. The van der Waals surface area contributed by atoms with Crippen LogP contribution in [0, 0.1) is 6.92 Å². The van der Waals surface area contributed by atoms with Crippen molar-refractivity contribution in [2.24, 2.45) is 0 Å². The van der Waals surface area contributed by atoms with Gasteiger partial charge in [-0.1, -0.05) is 12.7 Å². The van der Waals surface area contributed by atoms with Crippen LogP contribution in [0.25, 0.3) is 11.2 Å². The van der Waals surface area contributed by atoms with E-state index in [9.17, 15) is 4.39 Å². The molecule has 0 bridgehead atoms. The van der Waals surface area contributed by atoms with Crippen molar-refractivity contribution in [3.05, 3.63) is 71.7 Å². The monoisotopic (exact) mass is 380 g/mol. The number of halogens is 1. The van der Waals surface area contributed by atoms with Crippen molar-refractivity contribution in [3.63, 3.8) is 0 Å². The first-order valence-electron chi connectivity index (χ1n) is 9.32. The van der Waals surface area contributed by atoms with Crippen LogP contribution in [-0.4, -0.2) is 24.6 Å². The number of nitrogens with one attached hydrogen (secondary N) is 1. The molecule has 4 rings (SSSR count). The molecule has 0 fully saturated rings. The molecular weight excluding hydrogens is 355 g/mol. The van der Waals surface area contributed by atoms with Gasteiger partial charge in [-0.2, -0.15) is 14.6 Å². The van der Waals surface area contributed by atoms with Gasteiger partial charge in [0.1, 0.15) is 5.83 Å². The van der Waals surface area contributed by atoms with Crippen LogP contribution in [0.4, 0.5) is 10.3 Å². The molecule has 0 amide bonds. The van der Waals surface area contributed by atoms with Crippen LogP contribution in [0.15, 0.2) is 49.1 Å². The van der Waals surface area contributed by atoms with Crippen molar-refractivity contribution in [1.29, 1.82) is 0 Å². The third-order valence-corrected chi connectivity index (χ3v) is 4.68. The quantitative estimate of drug-likeness (QED) is 0.662. The Labute approximate surface area is 163 Å². The van der Waals surface area contributed by atoms with Gasteiger partial charge in [0.2, 0.25) is 5.95 Å². The van der Waals surface area contributed by atoms with Crippen molar-refractivity contribution in [2.45, 2.75) is 39.5 Å². The first kappa shape index (κ1) is 19.5. The number of aromatic amines is 1. The molecule has 3 N–H and O–H groups in total. The Kier molecular flexibility index (Phi) is 6.03. The first-order chi connectivity index (χ1) is 13.5. The number of nitrogen functional groups attached to an aromatic ring is 1. The summed E-state index contributed by atoms with van der Waals surface area (Å²) in [4.78, 5) is 11.7. The number of hydrogen-bond donors (Lipinski definition) is 2. The molecule has 6 nitrogen and oxygen atoms in total. The number of allylic oxidation sites excluding steroid dienone is 5. The van der Waals surface area contributed by atoms with Gasteiger partial charge in [0.15, 0.2) is 11.5 Å². The molecule has 146 valence electrons. The fourth-order valence-electron chi connectivity index (χ4n) is 3.14. The molecule has 0 aromatic carbocycles. The molecule has 1 aliphatic rings. The first-order valence-corrected chi connectivity index (χ1v) is 9.32. The lowest BCUT2D eigenvalue weighted by atomic mass is 9.98. The number of nitrogens with two attached hydrogens (primary N) is 1. The minimum atomic E-state index is -0.458. The maximum Gasteiger partial charge on any atom is 0.225 e. The van der Waals surface area contributed by atoms with Crippen molar-refractivity contribution in [2.75, 3.05) is 5.73 Å². The minimum Gasteiger partial charge on any atom is -0.368 e. The fourth-order valence-corrected chi connectivity index (χ4v) is 3.14. The summed E-state index contributed by atoms with van der Waals surface area (Å²) in [5, 5.41) is 4.06. The number of hydrogen-bond acceptors (Lipinski definition) is 4. The van der Waals surface area contributed by atoms with Crippen LogP contribution >= 0.6 is 0 Å². The summed E-state index contributed by atoms with van der Waals surface area (Å²) in [6.45, 7) is 7.01. The molecule has 0 saturated heterocycles. The van der Waals surface area contributed by atoms with Crippen LogP contribution in [-0.2, 0) is 12.8 Å². The average molecular weight is 380 g/mol. The maximum absolute atomic E-state index is 13.3. The molecular formula is C21H25FN6. The molecule has 0 radical (unpaired) electrons. The normalized spacial score (nSPS) is 14.4. The summed E-state index contributed by atoms with van der Waals surface area (Å²) < 4.78 is 14.7. The topological polar surface area (TPSA) is 84.9 Å². The average Bonchev–Trinajstić information content (AvgIpc) is 3.33. The van der Waals surface area contributed by atoms with Crippen molar-refractivity contribution in [1.82, 2.24) is 24.6 Å². The molecule has 0 spiro atoms. The van der Waals surface area contributed by atoms with Crippen molar-refractivity contribution in [3.8, 4) is 0 Å². The van der Waals surface area contributed by atoms with E-state index in [2.05, 4.69) is 38.9 Å².